The summed E-state index contributed by atoms with van der Waals surface area (Å²) >= 11 is 0. The van der Waals surface area contributed by atoms with E-state index < -0.39 is 0 Å². The summed E-state index contributed by atoms with van der Waals surface area (Å²) in [5.74, 6) is 0.160. The fourth-order valence-electron chi connectivity index (χ4n) is 7.04. The highest BCUT2D eigenvalue weighted by atomic mass is 15.1. The van der Waals surface area contributed by atoms with Crippen molar-refractivity contribution in [2.45, 2.75) is 19.1 Å². The molecule has 0 saturated heterocycles. The molecular formula is C45H34N6. The Hall–Kier alpha value is -6.53. The lowest BCUT2D eigenvalue weighted by molar-refractivity contribution is 0.591. The summed E-state index contributed by atoms with van der Waals surface area (Å²) in [6.07, 6.45) is 14.3. The first kappa shape index (κ1) is 30.5. The molecule has 3 atom stereocenters. The van der Waals surface area contributed by atoms with E-state index in [1.807, 2.05) is 67.0 Å². The maximum absolute atomic E-state index is 5.30. The van der Waals surface area contributed by atoms with Gasteiger partial charge >= 0.3 is 0 Å². The van der Waals surface area contributed by atoms with Crippen molar-refractivity contribution in [2.24, 2.45) is 15.9 Å². The van der Waals surface area contributed by atoms with Crippen molar-refractivity contribution < 1.29 is 0 Å². The number of aryl methyl sites for hydroxylation is 1. The molecular weight excluding hydrogens is 625 g/mol. The van der Waals surface area contributed by atoms with Crippen LogP contribution in [0.2, 0.25) is 0 Å². The van der Waals surface area contributed by atoms with Crippen molar-refractivity contribution in [1.29, 1.82) is 0 Å². The van der Waals surface area contributed by atoms with Crippen LogP contribution in [0.25, 0.3) is 34.2 Å². The predicted molar refractivity (Wildman–Crippen MR) is 206 cm³/mol. The van der Waals surface area contributed by atoms with E-state index in [4.69, 9.17) is 15.0 Å². The minimum atomic E-state index is -0.230. The number of aliphatic imine (C=N–C) groups is 2. The first-order valence-corrected chi connectivity index (χ1v) is 17.3. The van der Waals surface area contributed by atoms with E-state index >= 15 is 0 Å². The van der Waals surface area contributed by atoms with Gasteiger partial charge in [0.2, 0.25) is 0 Å². The Bertz CT molecular complexity index is 2410. The Labute approximate surface area is 297 Å². The number of hydrogen-bond donors (Lipinski definition) is 1. The van der Waals surface area contributed by atoms with Crippen LogP contribution < -0.4 is 5.32 Å². The van der Waals surface area contributed by atoms with E-state index in [0.717, 1.165) is 73.3 Å². The molecule has 3 aliphatic rings. The van der Waals surface area contributed by atoms with Crippen LogP contribution in [0.3, 0.4) is 0 Å². The summed E-state index contributed by atoms with van der Waals surface area (Å²) in [6, 6.07) is 41.6. The lowest BCUT2D eigenvalue weighted by Crippen LogP contribution is -2.25. The number of nitrogens with zero attached hydrogens (tertiary/aromatic N) is 5. The van der Waals surface area contributed by atoms with Crippen LogP contribution in [-0.2, 0) is 0 Å². The maximum atomic E-state index is 5.30. The van der Waals surface area contributed by atoms with Gasteiger partial charge in [-0.1, -0.05) is 97.1 Å². The third-order valence-corrected chi connectivity index (χ3v) is 9.65. The molecule has 3 aromatic heterocycles. The average molecular weight is 659 g/mol. The summed E-state index contributed by atoms with van der Waals surface area (Å²) in [6.45, 7) is 2.17. The molecule has 3 unspecified atom stereocenters. The smallest absolute Gasteiger partial charge is 0.145 e. The molecule has 0 bridgehead atoms. The van der Waals surface area contributed by atoms with Gasteiger partial charge in [0.25, 0.3) is 0 Å². The molecule has 244 valence electrons. The number of allylic oxidation sites excluding steroid dienone is 2. The number of pyridine rings is 3. The van der Waals surface area contributed by atoms with Crippen LogP contribution in [0.1, 0.15) is 51.5 Å². The zero-order valence-corrected chi connectivity index (χ0v) is 28.1. The van der Waals surface area contributed by atoms with Crippen LogP contribution in [0.5, 0.6) is 0 Å². The van der Waals surface area contributed by atoms with E-state index in [9.17, 15) is 0 Å². The number of benzene rings is 3. The van der Waals surface area contributed by atoms with E-state index in [-0.39, 0.29) is 18.1 Å². The van der Waals surface area contributed by atoms with Gasteiger partial charge in [0.15, 0.2) is 0 Å². The highest BCUT2D eigenvalue weighted by Gasteiger charge is 2.30. The first-order chi connectivity index (χ1) is 25.2. The number of fused-ring (bicyclic) bond motifs is 3. The SMILES string of the molecule is Cc1cc(-c2cccc(-c3cccc(C4=NC(c5ccccc5)NC(c5ccccn5)=C4)c3)c2)nc2c1C=CC1C=CC(c3ccccn3)=NC21. The number of rotatable bonds is 6. The molecule has 6 nitrogen and oxygen atoms in total. The Kier molecular flexibility index (Phi) is 7.82. The molecule has 51 heavy (non-hydrogen) atoms. The number of aromatic nitrogens is 3. The highest BCUT2D eigenvalue weighted by Crippen LogP contribution is 2.40. The zero-order chi connectivity index (χ0) is 34.1. The normalized spacial score (nSPS) is 18.8. The molecule has 6 aromatic rings. The lowest BCUT2D eigenvalue weighted by Gasteiger charge is -2.28. The molecule has 0 saturated carbocycles. The average Bonchev–Trinajstić information content (AvgIpc) is 3.21. The van der Waals surface area contributed by atoms with Crippen molar-refractivity contribution >= 4 is 23.2 Å². The molecule has 3 aromatic carbocycles. The zero-order valence-electron chi connectivity index (χ0n) is 28.1. The number of hydrogen-bond acceptors (Lipinski definition) is 6. The summed E-state index contributed by atoms with van der Waals surface area (Å²) in [5.41, 5.74) is 14.2. The van der Waals surface area contributed by atoms with E-state index in [2.05, 4.69) is 119 Å². The molecule has 0 spiro atoms. The van der Waals surface area contributed by atoms with Gasteiger partial charge in [-0.3, -0.25) is 20.0 Å². The van der Waals surface area contributed by atoms with Gasteiger partial charge in [-0.2, -0.15) is 0 Å². The molecule has 1 N–H and O–H groups in total. The molecule has 2 aliphatic heterocycles. The molecule has 0 fully saturated rings. The maximum Gasteiger partial charge on any atom is 0.145 e. The Morgan fingerprint density at radius 3 is 2.02 bits per heavy atom. The van der Waals surface area contributed by atoms with Crippen LogP contribution in [0, 0.1) is 12.8 Å². The van der Waals surface area contributed by atoms with E-state index in [1.165, 1.54) is 5.56 Å². The summed E-state index contributed by atoms with van der Waals surface area (Å²) in [5, 5.41) is 3.60. The Balaban J connectivity index is 1.07. The van der Waals surface area contributed by atoms with Gasteiger partial charge in [0.05, 0.1) is 39.9 Å². The van der Waals surface area contributed by atoms with Crippen molar-refractivity contribution in [3.05, 3.63) is 197 Å². The monoisotopic (exact) mass is 658 g/mol. The molecule has 0 radical (unpaired) electrons. The van der Waals surface area contributed by atoms with Gasteiger partial charge in [0, 0.05) is 35.0 Å². The van der Waals surface area contributed by atoms with Gasteiger partial charge in [0.1, 0.15) is 12.2 Å². The first-order valence-electron chi connectivity index (χ1n) is 17.3. The minimum absolute atomic E-state index is 0.0972. The lowest BCUT2D eigenvalue weighted by atomic mass is 9.84. The quantitative estimate of drug-likeness (QED) is 0.194. The third kappa shape index (κ3) is 6.02. The Morgan fingerprint density at radius 2 is 1.25 bits per heavy atom. The molecule has 5 heterocycles. The van der Waals surface area contributed by atoms with Gasteiger partial charge in [-0.05, 0) is 83.8 Å². The summed E-state index contributed by atoms with van der Waals surface area (Å²) in [7, 11) is 0. The van der Waals surface area contributed by atoms with Crippen molar-refractivity contribution in [1.82, 2.24) is 20.3 Å². The second-order valence-corrected chi connectivity index (χ2v) is 13.0. The van der Waals surface area contributed by atoms with Crippen LogP contribution >= 0.6 is 0 Å². The summed E-state index contributed by atoms with van der Waals surface area (Å²) < 4.78 is 0. The third-order valence-electron chi connectivity index (χ3n) is 9.65. The molecule has 1 aliphatic carbocycles. The van der Waals surface area contributed by atoms with E-state index in [0.29, 0.717) is 0 Å². The fraction of sp³-hybridized carbons (Fsp3) is 0.0889. The summed E-state index contributed by atoms with van der Waals surface area (Å²) in [4.78, 5) is 24.8. The molecule has 6 heteroatoms. The van der Waals surface area contributed by atoms with Gasteiger partial charge < -0.3 is 5.32 Å². The van der Waals surface area contributed by atoms with Crippen LogP contribution in [0.15, 0.2) is 168 Å². The highest BCUT2D eigenvalue weighted by molar-refractivity contribution is 6.13. The predicted octanol–water partition coefficient (Wildman–Crippen LogP) is 9.39. The topological polar surface area (TPSA) is 75.4 Å². The minimum Gasteiger partial charge on any atom is -0.358 e. The number of nitrogens with one attached hydrogen (secondary N) is 1. The van der Waals surface area contributed by atoms with Crippen LogP contribution in [0.4, 0.5) is 0 Å². The number of dihydropyridines is 1. The van der Waals surface area contributed by atoms with Crippen molar-refractivity contribution in [2.75, 3.05) is 0 Å². The van der Waals surface area contributed by atoms with Crippen LogP contribution in [-0.4, -0.2) is 26.4 Å². The molecule has 9 rings (SSSR count). The van der Waals surface area contributed by atoms with Crippen molar-refractivity contribution in [3.63, 3.8) is 0 Å². The molecule has 0 amide bonds. The second kappa shape index (κ2) is 13.1. The van der Waals surface area contributed by atoms with Gasteiger partial charge in [-0.15, -0.1) is 0 Å². The largest absolute Gasteiger partial charge is 0.358 e. The van der Waals surface area contributed by atoms with Gasteiger partial charge in [-0.25, -0.2) is 4.98 Å². The fourth-order valence-corrected chi connectivity index (χ4v) is 7.04. The Morgan fingerprint density at radius 1 is 0.569 bits per heavy atom. The standard InChI is InChI=1S/C45H34N6/c1-29-25-40(49-44-36(29)21-19-30-20-22-39(48-43(30)44)37-17-5-7-23-46-37)34-15-9-13-32(26-34)33-14-10-16-35(27-33)41-28-42(38-18-6-8-24-47-38)51-45(50-41)31-11-3-2-4-12-31/h2-28,30,43,45,51H,1H3. The second-order valence-electron chi connectivity index (χ2n) is 13.0. The van der Waals surface area contributed by atoms with E-state index in [1.54, 1.807) is 0 Å². The van der Waals surface area contributed by atoms with Crippen molar-refractivity contribution in [3.8, 4) is 22.4 Å².